The quantitative estimate of drug-likeness (QED) is 0.876. The number of aromatic nitrogens is 2. The number of imidazole rings is 1. The highest BCUT2D eigenvalue weighted by molar-refractivity contribution is 5.33. The van der Waals surface area contributed by atoms with E-state index in [4.69, 9.17) is 0 Å². The largest absolute Gasteiger partial charge is 0.330 e. The topological polar surface area (TPSA) is 29.9 Å². The molecule has 0 bridgehead atoms. The molecule has 2 aromatic rings. The predicted molar refractivity (Wildman–Crippen MR) is 72.6 cm³/mol. The summed E-state index contributed by atoms with van der Waals surface area (Å²) in [5, 5.41) is 3.48. The molecule has 3 heteroatoms. The van der Waals surface area contributed by atoms with E-state index >= 15 is 0 Å². The first-order chi connectivity index (χ1) is 8.81. The van der Waals surface area contributed by atoms with Gasteiger partial charge in [-0.3, -0.25) is 0 Å². The van der Waals surface area contributed by atoms with Crippen LogP contribution in [0.2, 0.25) is 0 Å². The molecule has 18 heavy (non-hydrogen) atoms. The normalized spacial score (nSPS) is 22.8. The van der Waals surface area contributed by atoms with Gasteiger partial charge in [0.05, 0.1) is 12.1 Å². The molecule has 94 valence electrons. The Morgan fingerprint density at radius 2 is 2.17 bits per heavy atom. The van der Waals surface area contributed by atoms with Gasteiger partial charge < -0.3 is 9.88 Å². The van der Waals surface area contributed by atoms with E-state index < -0.39 is 0 Å². The molecule has 2 unspecified atom stereocenters. The maximum absolute atomic E-state index is 4.35. The third-order valence-electron chi connectivity index (χ3n) is 4.01. The Morgan fingerprint density at radius 1 is 1.33 bits per heavy atom. The molecule has 1 N–H and O–H groups in total. The molecule has 1 aliphatic carbocycles. The summed E-state index contributed by atoms with van der Waals surface area (Å²) in [7, 11) is 2.05. The van der Waals surface area contributed by atoms with Gasteiger partial charge in [0.15, 0.2) is 0 Å². The second-order valence-electron chi connectivity index (χ2n) is 4.95. The molecule has 2 atom stereocenters. The summed E-state index contributed by atoms with van der Waals surface area (Å²) in [4.78, 5) is 4.35. The van der Waals surface area contributed by atoms with E-state index in [1.165, 1.54) is 17.5 Å². The zero-order valence-electron chi connectivity index (χ0n) is 10.9. The molecule has 0 aliphatic heterocycles. The minimum absolute atomic E-state index is 0.378. The molecule has 1 aromatic carbocycles. The lowest BCUT2D eigenvalue weighted by Gasteiger charge is -2.35. The van der Waals surface area contributed by atoms with Crippen molar-refractivity contribution in [2.24, 2.45) is 0 Å². The maximum atomic E-state index is 4.35. The van der Waals surface area contributed by atoms with E-state index in [-0.39, 0.29) is 0 Å². The second-order valence-corrected chi connectivity index (χ2v) is 4.95. The van der Waals surface area contributed by atoms with Gasteiger partial charge in [-0.1, -0.05) is 24.3 Å². The summed E-state index contributed by atoms with van der Waals surface area (Å²) >= 11 is 0. The van der Waals surface area contributed by atoms with Crippen molar-refractivity contribution in [3.63, 3.8) is 0 Å². The molecule has 3 rings (SSSR count). The number of benzene rings is 1. The Morgan fingerprint density at radius 3 is 2.89 bits per heavy atom. The molecular weight excluding hydrogens is 222 g/mol. The zero-order chi connectivity index (χ0) is 12.5. The van der Waals surface area contributed by atoms with Crippen LogP contribution in [-0.2, 0) is 6.42 Å². The number of hydrogen-bond donors (Lipinski definition) is 1. The van der Waals surface area contributed by atoms with Gasteiger partial charge in [-0.2, -0.15) is 0 Å². The van der Waals surface area contributed by atoms with Gasteiger partial charge in [0.2, 0.25) is 0 Å². The summed E-state index contributed by atoms with van der Waals surface area (Å²) < 4.78 is 2.30. The van der Waals surface area contributed by atoms with Gasteiger partial charge in [-0.15, -0.1) is 0 Å². The smallest absolute Gasteiger partial charge is 0.105 e. The van der Waals surface area contributed by atoms with Crippen molar-refractivity contribution in [3.05, 3.63) is 53.6 Å². The lowest BCUT2D eigenvalue weighted by molar-refractivity contribution is 0.328. The van der Waals surface area contributed by atoms with Crippen molar-refractivity contribution in [2.75, 3.05) is 7.05 Å². The lowest BCUT2D eigenvalue weighted by Crippen LogP contribution is -2.32. The first-order valence-corrected chi connectivity index (χ1v) is 6.55. The standard InChI is InChI=1S/C15H19N3/c1-11-17-9-10-18(11)14-8-7-12-5-3-4-6-13(12)15(14)16-2/h3-6,9-10,14-16H,7-8H2,1-2H3. The van der Waals surface area contributed by atoms with Crippen LogP contribution in [0.4, 0.5) is 0 Å². The Hall–Kier alpha value is -1.61. The van der Waals surface area contributed by atoms with Gasteiger partial charge in [-0.05, 0) is 37.9 Å². The third kappa shape index (κ3) is 1.75. The average Bonchev–Trinajstić information content (AvgIpc) is 2.83. The minimum atomic E-state index is 0.378. The molecule has 0 spiro atoms. The van der Waals surface area contributed by atoms with Gasteiger partial charge >= 0.3 is 0 Å². The number of nitrogens with one attached hydrogen (secondary N) is 1. The molecule has 1 heterocycles. The predicted octanol–water partition coefficient (Wildman–Crippen LogP) is 2.64. The van der Waals surface area contributed by atoms with Crippen LogP contribution in [0.3, 0.4) is 0 Å². The first-order valence-electron chi connectivity index (χ1n) is 6.55. The average molecular weight is 241 g/mol. The maximum Gasteiger partial charge on any atom is 0.105 e. The fraction of sp³-hybridized carbons (Fsp3) is 0.400. The summed E-state index contributed by atoms with van der Waals surface area (Å²) in [6.07, 6.45) is 6.30. The Bertz CT molecular complexity index is 544. The van der Waals surface area contributed by atoms with Crippen molar-refractivity contribution >= 4 is 0 Å². The molecular formula is C15H19N3. The van der Waals surface area contributed by atoms with Crippen LogP contribution < -0.4 is 5.32 Å². The van der Waals surface area contributed by atoms with Crippen LogP contribution in [0, 0.1) is 6.92 Å². The first kappa shape index (κ1) is 11.5. The van der Waals surface area contributed by atoms with Gasteiger partial charge in [0, 0.05) is 12.4 Å². The van der Waals surface area contributed by atoms with E-state index in [0.717, 1.165) is 12.2 Å². The van der Waals surface area contributed by atoms with Crippen molar-refractivity contribution < 1.29 is 0 Å². The number of likely N-dealkylation sites (N-methyl/N-ethyl adjacent to an activating group) is 1. The molecule has 0 saturated heterocycles. The van der Waals surface area contributed by atoms with E-state index in [0.29, 0.717) is 12.1 Å². The number of fused-ring (bicyclic) bond motifs is 1. The summed E-state index contributed by atoms with van der Waals surface area (Å²) in [6, 6.07) is 9.60. The van der Waals surface area contributed by atoms with Crippen molar-refractivity contribution in [3.8, 4) is 0 Å². The Balaban J connectivity index is 2.02. The van der Waals surface area contributed by atoms with E-state index in [2.05, 4.69) is 52.3 Å². The summed E-state index contributed by atoms with van der Waals surface area (Å²) in [5.41, 5.74) is 2.91. The number of rotatable bonds is 2. The Labute approximate surface area is 108 Å². The molecule has 0 saturated carbocycles. The van der Waals surface area contributed by atoms with Crippen molar-refractivity contribution in [2.45, 2.75) is 31.8 Å². The van der Waals surface area contributed by atoms with Crippen LogP contribution in [0.1, 0.15) is 35.5 Å². The number of nitrogens with zero attached hydrogens (tertiary/aromatic N) is 2. The van der Waals surface area contributed by atoms with Gasteiger partial charge in [0.1, 0.15) is 5.82 Å². The van der Waals surface area contributed by atoms with Crippen molar-refractivity contribution in [1.82, 2.24) is 14.9 Å². The lowest BCUT2D eigenvalue weighted by atomic mass is 9.84. The van der Waals surface area contributed by atoms with E-state index in [1.54, 1.807) is 0 Å². The highest BCUT2D eigenvalue weighted by Gasteiger charge is 2.29. The van der Waals surface area contributed by atoms with Gasteiger partial charge in [-0.25, -0.2) is 4.98 Å². The van der Waals surface area contributed by atoms with Crippen LogP contribution in [0.25, 0.3) is 0 Å². The number of aryl methyl sites for hydroxylation is 2. The minimum Gasteiger partial charge on any atom is -0.330 e. The Kier molecular flexibility index (Phi) is 2.92. The van der Waals surface area contributed by atoms with Crippen LogP contribution >= 0.6 is 0 Å². The summed E-state index contributed by atoms with van der Waals surface area (Å²) in [5.74, 6) is 1.10. The molecule has 0 radical (unpaired) electrons. The molecule has 3 nitrogen and oxygen atoms in total. The summed E-state index contributed by atoms with van der Waals surface area (Å²) in [6.45, 7) is 2.08. The molecule has 0 amide bonds. The zero-order valence-corrected chi connectivity index (χ0v) is 10.9. The van der Waals surface area contributed by atoms with E-state index in [1.807, 2.05) is 13.2 Å². The van der Waals surface area contributed by atoms with Crippen LogP contribution in [0.15, 0.2) is 36.7 Å². The molecule has 1 aromatic heterocycles. The highest BCUT2D eigenvalue weighted by atomic mass is 15.1. The highest BCUT2D eigenvalue weighted by Crippen LogP contribution is 2.37. The SMILES string of the molecule is CNC1c2ccccc2CCC1n1ccnc1C. The fourth-order valence-corrected chi connectivity index (χ4v) is 3.13. The monoisotopic (exact) mass is 241 g/mol. The van der Waals surface area contributed by atoms with E-state index in [9.17, 15) is 0 Å². The fourth-order valence-electron chi connectivity index (χ4n) is 3.13. The van der Waals surface area contributed by atoms with Crippen LogP contribution in [-0.4, -0.2) is 16.6 Å². The third-order valence-corrected chi connectivity index (χ3v) is 4.01. The number of hydrogen-bond acceptors (Lipinski definition) is 2. The second kappa shape index (κ2) is 4.58. The van der Waals surface area contributed by atoms with Gasteiger partial charge in [0.25, 0.3) is 0 Å². The molecule has 1 aliphatic rings. The van der Waals surface area contributed by atoms with Crippen molar-refractivity contribution in [1.29, 1.82) is 0 Å². The van der Waals surface area contributed by atoms with Crippen LogP contribution in [0.5, 0.6) is 0 Å². The molecule has 0 fully saturated rings.